The fourth-order valence-corrected chi connectivity index (χ4v) is 3.86. The molecule has 1 aliphatic heterocycles. The maximum absolute atomic E-state index is 12.5. The molecule has 0 bridgehead atoms. The molecule has 1 fully saturated rings. The van der Waals surface area contributed by atoms with Crippen LogP contribution in [0.3, 0.4) is 0 Å². The van der Waals surface area contributed by atoms with Crippen molar-refractivity contribution in [1.82, 2.24) is 4.90 Å². The van der Waals surface area contributed by atoms with Crippen molar-refractivity contribution in [2.45, 2.75) is 20.3 Å². The van der Waals surface area contributed by atoms with Crippen LogP contribution in [0.1, 0.15) is 25.0 Å². The van der Waals surface area contributed by atoms with Crippen molar-refractivity contribution < 1.29 is 14.3 Å². The van der Waals surface area contributed by atoms with E-state index < -0.39 is 0 Å². The highest BCUT2D eigenvalue weighted by Crippen LogP contribution is 2.37. The molecule has 1 amide bonds. The number of rotatable bonds is 9. The third-order valence-corrected chi connectivity index (χ3v) is 4.97. The molecule has 138 valence electrons. The zero-order chi connectivity index (χ0) is 19.1. The number of thioether (sulfide) groups is 1. The summed E-state index contributed by atoms with van der Waals surface area (Å²) in [6.45, 7) is 12.8. The summed E-state index contributed by atoms with van der Waals surface area (Å²) in [5.41, 5.74) is 1.84. The second-order valence-corrected chi connectivity index (χ2v) is 7.12. The van der Waals surface area contributed by atoms with Gasteiger partial charge in [0.25, 0.3) is 5.91 Å². The fraction of sp³-hybridized carbons (Fsp3) is 0.300. The zero-order valence-electron chi connectivity index (χ0n) is 15.1. The summed E-state index contributed by atoms with van der Waals surface area (Å²) in [6, 6.07) is 3.89. The van der Waals surface area contributed by atoms with Crippen LogP contribution in [-0.2, 0) is 11.2 Å². The van der Waals surface area contributed by atoms with E-state index in [9.17, 15) is 4.79 Å². The first kappa shape index (κ1) is 20.3. The van der Waals surface area contributed by atoms with Crippen molar-refractivity contribution in [3.8, 4) is 11.5 Å². The standard InChI is InChI=1S/C20H23NO3S2/c1-5-9-15-11-14(12-16(23-7-3)18(15)24-8-4)13-17-19(22)21(10-6-2)20(25)26-17/h5-6,11-13H,1-2,7-10H2,3-4H3/b17-13-. The number of allylic oxidation sites excluding steroid dienone is 1. The Morgan fingerprint density at radius 2 is 1.92 bits per heavy atom. The molecular formula is C20H23NO3S2. The lowest BCUT2D eigenvalue weighted by Crippen LogP contribution is -2.27. The average Bonchev–Trinajstić information content (AvgIpc) is 2.86. The van der Waals surface area contributed by atoms with Gasteiger partial charge in [0.2, 0.25) is 0 Å². The Morgan fingerprint density at radius 3 is 2.54 bits per heavy atom. The normalized spacial score (nSPS) is 15.5. The van der Waals surface area contributed by atoms with Gasteiger partial charge in [-0.3, -0.25) is 9.69 Å². The minimum absolute atomic E-state index is 0.1000. The number of nitrogens with zero attached hydrogens (tertiary/aromatic N) is 1. The van der Waals surface area contributed by atoms with Gasteiger partial charge in [-0.25, -0.2) is 0 Å². The molecule has 1 aliphatic rings. The van der Waals surface area contributed by atoms with Gasteiger partial charge < -0.3 is 9.47 Å². The molecule has 0 N–H and O–H groups in total. The van der Waals surface area contributed by atoms with E-state index >= 15 is 0 Å². The Balaban J connectivity index is 2.46. The second kappa shape index (κ2) is 9.59. The minimum Gasteiger partial charge on any atom is -0.490 e. The number of ether oxygens (including phenoxy) is 2. The quantitative estimate of drug-likeness (QED) is 0.351. The van der Waals surface area contributed by atoms with Crippen LogP contribution in [0.2, 0.25) is 0 Å². The van der Waals surface area contributed by atoms with Gasteiger partial charge in [0.15, 0.2) is 11.5 Å². The van der Waals surface area contributed by atoms with E-state index in [1.165, 1.54) is 11.8 Å². The van der Waals surface area contributed by atoms with Crippen LogP contribution in [0.25, 0.3) is 6.08 Å². The largest absolute Gasteiger partial charge is 0.490 e. The lowest BCUT2D eigenvalue weighted by Gasteiger charge is -2.16. The maximum atomic E-state index is 12.5. The molecule has 1 heterocycles. The second-order valence-electron chi connectivity index (χ2n) is 5.45. The van der Waals surface area contributed by atoms with Crippen molar-refractivity contribution in [2.24, 2.45) is 0 Å². The van der Waals surface area contributed by atoms with Crippen molar-refractivity contribution in [1.29, 1.82) is 0 Å². The van der Waals surface area contributed by atoms with E-state index in [4.69, 9.17) is 21.7 Å². The molecule has 0 aliphatic carbocycles. The summed E-state index contributed by atoms with van der Waals surface area (Å²) >= 11 is 6.59. The predicted octanol–water partition coefficient (Wildman–Crippen LogP) is 4.60. The molecule has 0 unspecified atom stereocenters. The number of benzene rings is 1. The molecule has 0 radical (unpaired) electrons. The van der Waals surface area contributed by atoms with Crippen LogP contribution in [0.4, 0.5) is 0 Å². The molecule has 4 nitrogen and oxygen atoms in total. The van der Waals surface area contributed by atoms with Crippen LogP contribution in [0.15, 0.2) is 42.3 Å². The van der Waals surface area contributed by atoms with Gasteiger partial charge in [-0.2, -0.15) is 0 Å². The Labute approximate surface area is 164 Å². The first-order chi connectivity index (χ1) is 12.5. The Morgan fingerprint density at radius 1 is 1.19 bits per heavy atom. The molecule has 6 heteroatoms. The van der Waals surface area contributed by atoms with Crippen molar-refractivity contribution >= 4 is 40.3 Å². The third-order valence-electron chi connectivity index (χ3n) is 3.59. The van der Waals surface area contributed by atoms with E-state index in [2.05, 4.69) is 13.2 Å². The first-order valence-electron chi connectivity index (χ1n) is 8.45. The molecule has 0 spiro atoms. The fourth-order valence-electron chi connectivity index (χ4n) is 2.58. The highest BCUT2D eigenvalue weighted by Gasteiger charge is 2.31. The van der Waals surface area contributed by atoms with E-state index in [1.54, 1.807) is 11.0 Å². The summed E-state index contributed by atoms with van der Waals surface area (Å²) in [7, 11) is 0. The lowest BCUT2D eigenvalue weighted by atomic mass is 10.0. The van der Waals surface area contributed by atoms with E-state index in [-0.39, 0.29) is 5.91 Å². The van der Waals surface area contributed by atoms with Crippen LogP contribution in [0, 0.1) is 0 Å². The SMILES string of the molecule is C=CCc1cc(/C=C2\SC(=S)N(CC=C)C2=O)cc(OCC)c1OCC. The Kier molecular flexibility index (Phi) is 7.48. The highest BCUT2D eigenvalue weighted by molar-refractivity contribution is 8.26. The number of hydrogen-bond acceptors (Lipinski definition) is 5. The zero-order valence-corrected chi connectivity index (χ0v) is 16.8. The number of thiocarbonyl (C=S) groups is 1. The monoisotopic (exact) mass is 389 g/mol. The summed E-state index contributed by atoms with van der Waals surface area (Å²) < 4.78 is 12.1. The van der Waals surface area contributed by atoms with Gasteiger partial charge in [-0.15, -0.1) is 13.2 Å². The molecule has 26 heavy (non-hydrogen) atoms. The summed E-state index contributed by atoms with van der Waals surface area (Å²) in [5.74, 6) is 1.30. The molecule has 0 atom stereocenters. The van der Waals surface area contributed by atoms with Gasteiger partial charge >= 0.3 is 0 Å². The van der Waals surface area contributed by atoms with Crippen molar-refractivity contribution in [3.05, 3.63) is 53.5 Å². The summed E-state index contributed by atoms with van der Waals surface area (Å²) in [6.07, 6.45) is 5.97. The first-order valence-corrected chi connectivity index (χ1v) is 9.67. The van der Waals surface area contributed by atoms with Crippen LogP contribution >= 0.6 is 24.0 Å². The number of amides is 1. The topological polar surface area (TPSA) is 38.8 Å². The molecular weight excluding hydrogens is 366 g/mol. The van der Waals surface area contributed by atoms with Crippen LogP contribution < -0.4 is 9.47 Å². The predicted molar refractivity (Wildman–Crippen MR) is 113 cm³/mol. The molecule has 1 aromatic rings. The van der Waals surface area contributed by atoms with Crippen molar-refractivity contribution in [2.75, 3.05) is 19.8 Å². The van der Waals surface area contributed by atoms with Gasteiger partial charge in [0, 0.05) is 12.1 Å². The van der Waals surface area contributed by atoms with Crippen molar-refractivity contribution in [3.63, 3.8) is 0 Å². The number of carbonyl (C=O) groups excluding carboxylic acids is 1. The van der Waals surface area contributed by atoms with Gasteiger partial charge in [0.05, 0.1) is 18.1 Å². The van der Waals surface area contributed by atoms with E-state index in [0.29, 0.717) is 41.2 Å². The molecule has 1 aromatic carbocycles. The highest BCUT2D eigenvalue weighted by atomic mass is 32.2. The van der Waals surface area contributed by atoms with Crippen LogP contribution in [0.5, 0.6) is 11.5 Å². The maximum Gasteiger partial charge on any atom is 0.266 e. The van der Waals surface area contributed by atoms with E-state index in [1.807, 2.05) is 38.1 Å². The number of carbonyl (C=O) groups is 1. The van der Waals surface area contributed by atoms with Gasteiger partial charge in [-0.1, -0.05) is 36.1 Å². The molecule has 0 aromatic heterocycles. The molecule has 1 saturated heterocycles. The number of hydrogen-bond donors (Lipinski definition) is 0. The van der Waals surface area contributed by atoms with E-state index in [0.717, 1.165) is 16.9 Å². The van der Waals surface area contributed by atoms with Crippen LogP contribution in [-0.4, -0.2) is 34.9 Å². The average molecular weight is 390 g/mol. The smallest absolute Gasteiger partial charge is 0.266 e. The lowest BCUT2D eigenvalue weighted by molar-refractivity contribution is -0.121. The van der Waals surface area contributed by atoms with Gasteiger partial charge in [-0.05, 0) is 44.0 Å². The van der Waals surface area contributed by atoms with Gasteiger partial charge in [0.1, 0.15) is 4.32 Å². The Bertz CT molecular complexity index is 756. The summed E-state index contributed by atoms with van der Waals surface area (Å²) in [5, 5.41) is 0. The Hall–Kier alpha value is -2.05. The third kappa shape index (κ3) is 4.56. The summed E-state index contributed by atoms with van der Waals surface area (Å²) in [4.78, 5) is 14.7. The molecule has 2 rings (SSSR count). The molecule has 0 saturated carbocycles. The minimum atomic E-state index is -0.1000.